The molecule has 1 aromatic heterocycles. The molecule has 0 radical (unpaired) electrons. The number of carbonyl (C=O) groups excluding carboxylic acids is 2. The van der Waals surface area contributed by atoms with Crippen LogP contribution in [0.5, 0.6) is 0 Å². The molecule has 0 aliphatic heterocycles. The van der Waals surface area contributed by atoms with Gasteiger partial charge in [-0.3, -0.25) is 9.59 Å². The molecule has 0 spiro atoms. The number of hydrogen-bond donors (Lipinski definition) is 2. The van der Waals surface area contributed by atoms with Crippen molar-refractivity contribution in [3.05, 3.63) is 89.2 Å². The van der Waals surface area contributed by atoms with Gasteiger partial charge in [0, 0.05) is 41.5 Å². The van der Waals surface area contributed by atoms with Crippen LogP contribution in [0, 0.1) is 0 Å². The predicted molar refractivity (Wildman–Crippen MR) is 109 cm³/mol. The van der Waals surface area contributed by atoms with Crippen LogP contribution in [-0.4, -0.2) is 34.7 Å². The molecule has 6 nitrogen and oxygen atoms in total. The van der Waals surface area contributed by atoms with Gasteiger partial charge in [0.2, 0.25) is 5.91 Å². The highest BCUT2D eigenvalue weighted by molar-refractivity contribution is 6.30. The van der Waals surface area contributed by atoms with E-state index >= 15 is 0 Å². The Hall–Kier alpha value is -3.38. The van der Waals surface area contributed by atoms with Gasteiger partial charge in [0.1, 0.15) is 0 Å². The molecule has 3 aromatic rings. The molecule has 142 valence electrons. The molecule has 2 amide bonds. The summed E-state index contributed by atoms with van der Waals surface area (Å²) >= 11 is 5.79. The second-order valence-corrected chi connectivity index (χ2v) is 6.38. The molecule has 0 aliphatic carbocycles. The summed E-state index contributed by atoms with van der Waals surface area (Å²) in [5.74, 6) is -0.456. The van der Waals surface area contributed by atoms with Gasteiger partial charge in [0.05, 0.1) is 11.9 Å². The molecule has 1 heterocycles. The Kier molecular flexibility index (Phi) is 6.59. The Morgan fingerprint density at radius 3 is 2.46 bits per heavy atom. The van der Waals surface area contributed by atoms with Crippen LogP contribution in [0.3, 0.4) is 0 Å². The van der Waals surface area contributed by atoms with Gasteiger partial charge in [0.25, 0.3) is 5.91 Å². The molecule has 0 fully saturated rings. The van der Waals surface area contributed by atoms with Gasteiger partial charge < -0.3 is 10.6 Å². The fourth-order valence-corrected chi connectivity index (χ4v) is 2.57. The normalized spacial score (nSPS) is 10.8. The molecule has 2 aromatic carbocycles. The van der Waals surface area contributed by atoms with Crippen molar-refractivity contribution >= 4 is 29.5 Å². The molecule has 0 saturated heterocycles. The molecule has 0 atom stereocenters. The first-order valence-electron chi connectivity index (χ1n) is 8.71. The average Bonchev–Trinajstić information content (AvgIpc) is 3.20. The lowest BCUT2D eigenvalue weighted by atomic mass is 10.2. The summed E-state index contributed by atoms with van der Waals surface area (Å²) in [6, 6.07) is 16.3. The lowest BCUT2D eigenvalue weighted by molar-refractivity contribution is -0.116. The Labute approximate surface area is 167 Å². The molecule has 0 bridgehead atoms. The highest BCUT2D eigenvalue weighted by atomic mass is 35.5. The Bertz CT molecular complexity index is 966. The first-order chi connectivity index (χ1) is 13.6. The van der Waals surface area contributed by atoms with E-state index in [9.17, 15) is 9.59 Å². The maximum Gasteiger partial charge on any atom is 0.251 e. The Balaban J connectivity index is 1.41. The summed E-state index contributed by atoms with van der Waals surface area (Å²) in [6.07, 6.45) is 6.65. The second kappa shape index (κ2) is 9.53. The fraction of sp³-hybridized carbons (Fsp3) is 0.0952. The summed E-state index contributed by atoms with van der Waals surface area (Å²) in [4.78, 5) is 23.8. The number of carbonyl (C=O) groups is 2. The van der Waals surface area contributed by atoms with Crippen molar-refractivity contribution in [2.45, 2.75) is 0 Å². The van der Waals surface area contributed by atoms with Crippen molar-refractivity contribution in [1.29, 1.82) is 0 Å². The number of nitrogens with one attached hydrogen (secondary N) is 2. The third-order valence-corrected chi connectivity index (χ3v) is 4.12. The van der Waals surface area contributed by atoms with E-state index in [2.05, 4.69) is 15.7 Å². The zero-order chi connectivity index (χ0) is 19.8. The molecule has 7 heteroatoms. The van der Waals surface area contributed by atoms with E-state index in [1.807, 2.05) is 36.5 Å². The minimum atomic E-state index is -0.242. The van der Waals surface area contributed by atoms with Crippen LogP contribution < -0.4 is 10.6 Å². The van der Waals surface area contributed by atoms with Crippen LogP contribution in [0.2, 0.25) is 5.02 Å². The van der Waals surface area contributed by atoms with E-state index in [1.54, 1.807) is 41.2 Å². The Morgan fingerprint density at radius 2 is 1.71 bits per heavy atom. The van der Waals surface area contributed by atoms with Gasteiger partial charge in [-0.15, -0.1) is 0 Å². The SMILES string of the molecule is O=C(/C=C/c1cnn(-c2ccccc2)c1)NCCNC(=O)c1ccc(Cl)cc1. The van der Waals surface area contributed by atoms with E-state index in [1.165, 1.54) is 6.08 Å². The molecular weight excluding hydrogens is 376 g/mol. The second-order valence-electron chi connectivity index (χ2n) is 5.94. The van der Waals surface area contributed by atoms with Crippen LogP contribution in [0.4, 0.5) is 0 Å². The summed E-state index contributed by atoms with van der Waals surface area (Å²) in [5.41, 5.74) is 2.28. The van der Waals surface area contributed by atoms with E-state index in [-0.39, 0.29) is 11.8 Å². The maximum atomic E-state index is 11.9. The molecule has 3 rings (SSSR count). The number of para-hydroxylation sites is 1. The lowest BCUT2D eigenvalue weighted by Gasteiger charge is -2.05. The van der Waals surface area contributed by atoms with Gasteiger partial charge in [-0.25, -0.2) is 4.68 Å². The van der Waals surface area contributed by atoms with E-state index in [0.717, 1.165) is 11.3 Å². The topological polar surface area (TPSA) is 76.0 Å². The number of rotatable bonds is 7. The number of benzene rings is 2. The highest BCUT2D eigenvalue weighted by Crippen LogP contribution is 2.09. The summed E-state index contributed by atoms with van der Waals surface area (Å²) < 4.78 is 1.74. The molecule has 0 aliphatic rings. The number of halogens is 1. The number of hydrogen-bond acceptors (Lipinski definition) is 3. The third kappa shape index (κ3) is 5.56. The number of nitrogens with zero attached hydrogens (tertiary/aromatic N) is 2. The van der Waals surface area contributed by atoms with Gasteiger partial charge in [-0.05, 0) is 42.5 Å². The fourth-order valence-electron chi connectivity index (χ4n) is 2.44. The highest BCUT2D eigenvalue weighted by Gasteiger charge is 2.04. The molecular formula is C21H19ClN4O2. The van der Waals surface area contributed by atoms with Crippen molar-refractivity contribution in [1.82, 2.24) is 20.4 Å². The van der Waals surface area contributed by atoms with Crippen LogP contribution in [-0.2, 0) is 4.79 Å². The standard InChI is InChI=1S/C21H19ClN4O2/c22-18-9-7-17(8-10-18)21(28)24-13-12-23-20(27)11-6-16-14-25-26(15-16)19-4-2-1-3-5-19/h1-11,14-15H,12-13H2,(H,23,27)(H,24,28)/b11-6+. The monoisotopic (exact) mass is 394 g/mol. The zero-order valence-corrected chi connectivity index (χ0v) is 15.8. The molecule has 28 heavy (non-hydrogen) atoms. The van der Waals surface area contributed by atoms with Crippen LogP contribution in [0.1, 0.15) is 15.9 Å². The van der Waals surface area contributed by atoms with Crippen LogP contribution in [0.25, 0.3) is 11.8 Å². The lowest BCUT2D eigenvalue weighted by Crippen LogP contribution is -2.33. The minimum Gasteiger partial charge on any atom is -0.351 e. The van der Waals surface area contributed by atoms with E-state index in [4.69, 9.17) is 11.6 Å². The summed E-state index contributed by atoms with van der Waals surface area (Å²) in [6.45, 7) is 0.652. The minimum absolute atomic E-state index is 0.213. The van der Waals surface area contributed by atoms with Crippen LogP contribution in [0.15, 0.2) is 73.1 Å². The van der Waals surface area contributed by atoms with Gasteiger partial charge in [-0.1, -0.05) is 29.8 Å². The zero-order valence-electron chi connectivity index (χ0n) is 15.0. The molecule has 0 saturated carbocycles. The van der Waals surface area contributed by atoms with Crippen molar-refractivity contribution in [2.75, 3.05) is 13.1 Å². The van der Waals surface area contributed by atoms with Gasteiger partial charge in [0.15, 0.2) is 0 Å². The molecule has 2 N–H and O–H groups in total. The summed E-state index contributed by atoms with van der Waals surface area (Å²) in [7, 11) is 0. The van der Waals surface area contributed by atoms with E-state index < -0.39 is 0 Å². The summed E-state index contributed by atoms with van der Waals surface area (Å²) in [5, 5.41) is 10.3. The quantitative estimate of drug-likeness (QED) is 0.477. The number of amides is 2. The predicted octanol–water partition coefficient (Wildman–Crippen LogP) is 3.09. The van der Waals surface area contributed by atoms with E-state index in [0.29, 0.717) is 23.7 Å². The van der Waals surface area contributed by atoms with Crippen LogP contribution >= 0.6 is 11.6 Å². The number of aromatic nitrogens is 2. The average molecular weight is 395 g/mol. The first-order valence-corrected chi connectivity index (χ1v) is 9.09. The third-order valence-electron chi connectivity index (χ3n) is 3.87. The van der Waals surface area contributed by atoms with Gasteiger partial charge >= 0.3 is 0 Å². The van der Waals surface area contributed by atoms with Gasteiger partial charge in [-0.2, -0.15) is 5.10 Å². The van der Waals surface area contributed by atoms with Crippen molar-refractivity contribution in [3.63, 3.8) is 0 Å². The largest absolute Gasteiger partial charge is 0.351 e. The maximum absolute atomic E-state index is 11.9. The van der Waals surface area contributed by atoms with Crippen molar-refractivity contribution in [3.8, 4) is 5.69 Å². The smallest absolute Gasteiger partial charge is 0.251 e. The van der Waals surface area contributed by atoms with Crippen molar-refractivity contribution in [2.24, 2.45) is 0 Å². The van der Waals surface area contributed by atoms with Crippen molar-refractivity contribution < 1.29 is 9.59 Å². The molecule has 0 unspecified atom stereocenters. The Morgan fingerprint density at radius 1 is 1.00 bits per heavy atom. The first kappa shape index (κ1) is 19.4.